The lowest BCUT2D eigenvalue weighted by atomic mass is 10.2. The predicted octanol–water partition coefficient (Wildman–Crippen LogP) is 3.53. The summed E-state index contributed by atoms with van der Waals surface area (Å²) in [6.07, 6.45) is 6.16. The third-order valence-electron chi connectivity index (χ3n) is 3.85. The molecular weight excluding hydrogens is 290 g/mol. The molecule has 5 heteroatoms. The molecule has 23 heavy (non-hydrogen) atoms. The van der Waals surface area contributed by atoms with Crippen LogP contribution in [0.25, 0.3) is 0 Å². The van der Waals surface area contributed by atoms with Crippen molar-refractivity contribution < 1.29 is 9.53 Å². The number of carbonyl (C=O) groups is 1. The van der Waals surface area contributed by atoms with Gasteiger partial charge in [-0.05, 0) is 56.0 Å². The van der Waals surface area contributed by atoms with Crippen LogP contribution in [0.2, 0.25) is 0 Å². The monoisotopic (exact) mass is 307 g/mol. The maximum Gasteiger partial charge on any atom is 0.274 e. The molecule has 116 valence electrons. The Kier molecular flexibility index (Phi) is 4.53. The molecule has 1 aromatic carbocycles. The summed E-state index contributed by atoms with van der Waals surface area (Å²) in [6.45, 7) is 0. The zero-order valence-corrected chi connectivity index (χ0v) is 12.7. The molecule has 3 rings (SSSR count). The number of hydrogen-bond donors (Lipinski definition) is 1. The molecule has 5 nitrogen and oxygen atoms in total. The van der Waals surface area contributed by atoms with E-state index in [0.717, 1.165) is 12.8 Å². The van der Waals surface area contributed by atoms with Gasteiger partial charge in [-0.15, -0.1) is 0 Å². The number of pyridine rings is 1. The van der Waals surface area contributed by atoms with Crippen LogP contribution in [-0.2, 0) is 0 Å². The number of nitrogens with zero attached hydrogens (tertiary/aromatic N) is 2. The quantitative estimate of drug-likeness (QED) is 0.937. The summed E-state index contributed by atoms with van der Waals surface area (Å²) in [7, 11) is 0. The molecule has 0 aliphatic heterocycles. The normalized spacial score (nSPS) is 14.2. The second-order valence-corrected chi connectivity index (χ2v) is 5.52. The second-order valence-electron chi connectivity index (χ2n) is 5.52. The first-order valence-corrected chi connectivity index (χ1v) is 7.69. The molecular formula is C18H17N3O2. The van der Waals surface area contributed by atoms with Crippen LogP contribution in [0.1, 0.15) is 41.7 Å². The van der Waals surface area contributed by atoms with Gasteiger partial charge >= 0.3 is 0 Å². The van der Waals surface area contributed by atoms with Gasteiger partial charge in [0.05, 0.1) is 11.7 Å². The Morgan fingerprint density at radius 3 is 2.78 bits per heavy atom. The maximum absolute atomic E-state index is 12.1. The largest absolute Gasteiger partial charge is 0.489 e. The summed E-state index contributed by atoms with van der Waals surface area (Å²) in [5, 5.41) is 12.1. The molecule has 0 spiro atoms. The number of ether oxygens (including phenoxy) is 1. The molecule has 0 atom stereocenters. The van der Waals surface area contributed by atoms with Crippen LogP contribution < -0.4 is 10.1 Å². The van der Waals surface area contributed by atoms with Gasteiger partial charge in [-0.3, -0.25) is 9.78 Å². The van der Waals surface area contributed by atoms with E-state index in [4.69, 9.17) is 4.74 Å². The van der Waals surface area contributed by atoms with E-state index in [9.17, 15) is 10.1 Å². The Morgan fingerprint density at radius 2 is 2.09 bits per heavy atom. The Morgan fingerprint density at radius 1 is 1.26 bits per heavy atom. The average Bonchev–Trinajstić information content (AvgIpc) is 3.10. The van der Waals surface area contributed by atoms with E-state index < -0.39 is 0 Å². The summed E-state index contributed by atoms with van der Waals surface area (Å²) in [6, 6.07) is 12.4. The fraction of sp³-hybridized carbons (Fsp3) is 0.278. The van der Waals surface area contributed by atoms with E-state index in [1.807, 2.05) is 0 Å². The third kappa shape index (κ3) is 3.67. The number of aromatic nitrogens is 1. The number of carbonyl (C=O) groups excluding carboxylic acids is 1. The second kappa shape index (κ2) is 6.93. The first-order valence-electron chi connectivity index (χ1n) is 7.69. The molecule has 0 bridgehead atoms. The van der Waals surface area contributed by atoms with E-state index in [1.165, 1.54) is 12.8 Å². The molecule has 0 saturated heterocycles. The minimum atomic E-state index is -0.307. The molecule has 1 amide bonds. The van der Waals surface area contributed by atoms with E-state index in [0.29, 0.717) is 22.7 Å². The average molecular weight is 307 g/mol. The molecule has 1 heterocycles. The van der Waals surface area contributed by atoms with Crippen LogP contribution in [-0.4, -0.2) is 17.0 Å². The van der Waals surface area contributed by atoms with Gasteiger partial charge in [-0.25, -0.2) is 0 Å². The van der Waals surface area contributed by atoms with Gasteiger partial charge in [0.1, 0.15) is 17.5 Å². The van der Waals surface area contributed by atoms with Crippen LogP contribution in [0.15, 0.2) is 42.6 Å². The molecule has 0 unspecified atom stereocenters. The first-order chi connectivity index (χ1) is 11.3. The van der Waals surface area contributed by atoms with Gasteiger partial charge in [0.25, 0.3) is 5.91 Å². The summed E-state index contributed by atoms with van der Waals surface area (Å²) >= 11 is 0. The highest BCUT2D eigenvalue weighted by Gasteiger charge is 2.18. The van der Waals surface area contributed by atoms with Crippen LogP contribution in [0.3, 0.4) is 0 Å². The molecule has 1 aromatic heterocycles. The van der Waals surface area contributed by atoms with Crippen molar-refractivity contribution in [2.75, 3.05) is 5.32 Å². The van der Waals surface area contributed by atoms with E-state index in [1.54, 1.807) is 42.6 Å². The summed E-state index contributed by atoms with van der Waals surface area (Å²) in [5.74, 6) is 0.272. The number of benzene rings is 1. The smallest absolute Gasteiger partial charge is 0.274 e. The molecule has 0 radical (unpaired) electrons. The van der Waals surface area contributed by atoms with Gasteiger partial charge in [-0.2, -0.15) is 5.26 Å². The molecule has 1 aliphatic rings. The minimum absolute atomic E-state index is 0.191. The number of nitrogens with one attached hydrogen (secondary N) is 1. The minimum Gasteiger partial charge on any atom is -0.489 e. The Bertz CT molecular complexity index is 732. The number of anilines is 1. The molecule has 1 N–H and O–H groups in total. The zero-order chi connectivity index (χ0) is 16.1. The van der Waals surface area contributed by atoms with Gasteiger partial charge in [0.15, 0.2) is 0 Å². The SMILES string of the molecule is N#Cc1cc(NC(=O)c2ccccn2)ccc1OC1CCCC1. The van der Waals surface area contributed by atoms with Crippen molar-refractivity contribution in [2.45, 2.75) is 31.8 Å². The fourth-order valence-corrected chi connectivity index (χ4v) is 2.68. The van der Waals surface area contributed by atoms with Crippen molar-refractivity contribution in [1.29, 1.82) is 5.26 Å². The predicted molar refractivity (Wildman–Crippen MR) is 86.2 cm³/mol. The van der Waals surface area contributed by atoms with Crippen molar-refractivity contribution in [2.24, 2.45) is 0 Å². The summed E-state index contributed by atoms with van der Waals surface area (Å²) in [4.78, 5) is 16.1. The third-order valence-corrected chi connectivity index (χ3v) is 3.85. The fourth-order valence-electron chi connectivity index (χ4n) is 2.68. The van der Waals surface area contributed by atoms with Gasteiger partial charge < -0.3 is 10.1 Å². The van der Waals surface area contributed by atoms with Crippen molar-refractivity contribution >= 4 is 11.6 Å². The highest BCUT2D eigenvalue weighted by atomic mass is 16.5. The van der Waals surface area contributed by atoms with Gasteiger partial charge in [0.2, 0.25) is 0 Å². The van der Waals surface area contributed by atoms with Crippen LogP contribution in [0.4, 0.5) is 5.69 Å². The number of nitriles is 1. The van der Waals surface area contributed by atoms with Crippen LogP contribution in [0, 0.1) is 11.3 Å². The number of rotatable bonds is 4. The van der Waals surface area contributed by atoms with Crippen LogP contribution >= 0.6 is 0 Å². The van der Waals surface area contributed by atoms with Crippen molar-refractivity contribution in [3.63, 3.8) is 0 Å². The number of hydrogen-bond acceptors (Lipinski definition) is 4. The molecule has 2 aromatic rings. The number of amides is 1. The van der Waals surface area contributed by atoms with Crippen molar-refractivity contribution in [3.05, 3.63) is 53.9 Å². The summed E-state index contributed by atoms with van der Waals surface area (Å²) in [5.41, 5.74) is 1.31. The van der Waals surface area contributed by atoms with E-state index in [2.05, 4.69) is 16.4 Å². The van der Waals surface area contributed by atoms with E-state index in [-0.39, 0.29) is 12.0 Å². The highest BCUT2D eigenvalue weighted by Crippen LogP contribution is 2.28. The lowest BCUT2D eigenvalue weighted by Crippen LogP contribution is -2.14. The highest BCUT2D eigenvalue weighted by molar-refractivity contribution is 6.02. The Hall–Kier alpha value is -2.87. The Labute approximate surface area is 134 Å². The maximum atomic E-state index is 12.1. The molecule has 1 aliphatic carbocycles. The lowest BCUT2D eigenvalue weighted by Gasteiger charge is -2.15. The lowest BCUT2D eigenvalue weighted by molar-refractivity contribution is 0.102. The van der Waals surface area contributed by atoms with Crippen LogP contribution in [0.5, 0.6) is 5.75 Å². The van der Waals surface area contributed by atoms with Crippen molar-refractivity contribution in [3.8, 4) is 11.8 Å². The van der Waals surface area contributed by atoms with Crippen molar-refractivity contribution in [1.82, 2.24) is 4.98 Å². The molecule has 1 fully saturated rings. The van der Waals surface area contributed by atoms with Gasteiger partial charge in [0, 0.05) is 11.9 Å². The standard InChI is InChI=1S/C18H17N3O2/c19-12-13-11-14(21-18(22)16-7-3-4-10-20-16)8-9-17(13)23-15-5-1-2-6-15/h3-4,7-11,15H,1-2,5-6H2,(H,21,22). The summed E-state index contributed by atoms with van der Waals surface area (Å²) < 4.78 is 5.89. The first kappa shape index (κ1) is 15.0. The zero-order valence-electron chi connectivity index (χ0n) is 12.7. The Balaban J connectivity index is 1.74. The molecule has 1 saturated carbocycles. The van der Waals surface area contributed by atoms with Gasteiger partial charge in [-0.1, -0.05) is 6.07 Å². The van der Waals surface area contributed by atoms with E-state index >= 15 is 0 Å². The topological polar surface area (TPSA) is 75.0 Å².